The average Bonchev–Trinajstić information content (AvgIpc) is 2.60. The molecule has 0 atom stereocenters. The van der Waals surface area contributed by atoms with Gasteiger partial charge >= 0.3 is 11.9 Å². The molecule has 0 aliphatic heterocycles. The molecular weight excluding hydrogens is 316 g/mol. The van der Waals surface area contributed by atoms with Crippen LogP contribution in [0.1, 0.15) is 27.3 Å². The highest BCUT2D eigenvalue weighted by molar-refractivity contribution is 5.98. The van der Waals surface area contributed by atoms with Gasteiger partial charge in [-0.05, 0) is 18.2 Å². The first-order valence-corrected chi connectivity index (χ1v) is 7.06. The number of H-pyrrole nitrogens is 1. The second kappa shape index (κ2) is 7.40. The summed E-state index contributed by atoms with van der Waals surface area (Å²) in [7, 11) is 2.48. The van der Waals surface area contributed by atoms with Gasteiger partial charge in [0.2, 0.25) is 0 Å². The number of rotatable bonds is 5. The van der Waals surface area contributed by atoms with Gasteiger partial charge in [-0.15, -0.1) is 0 Å². The van der Waals surface area contributed by atoms with Crippen molar-refractivity contribution in [3.8, 4) is 0 Å². The molecule has 0 unspecified atom stereocenters. The minimum Gasteiger partial charge on any atom is -0.469 e. The zero-order chi connectivity index (χ0) is 17.7. The molecule has 2 N–H and O–H groups in total. The minimum absolute atomic E-state index is 0.0327. The number of carbonyl (C=O) groups excluding carboxylic acids is 3. The van der Waals surface area contributed by atoms with Crippen molar-refractivity contribution in [2.24, 2.45) is 0 Å². The molecule has 0 fully saturated rings. The molecule has 24 heavy (non-hydrogen) atoms. The highest BCUT2D eigenvalue weighted by atomic mass is 16.5. The molecule has 0 aliphatic rings. The molecule has 1 heterocycles. The van der Waals surface area contributed by atoms with E-state index in [1.54, 1.807) is 0 Å². The smallest absolute Gasteiger partial charge is 0.354 e. The van der Waals surface area contributed by atoms with E-state index in [-0.39, 0.29) is 29.6 Å². The lowest BCUT2D eigenvalue weighted by Crippen LogP contribution is -2.26. The Labute approximate surface area is 136 Å². The molecule has 0 aliphatic carbocycles. The van der Waals surface area contributed by atoms with Crippen LogP contribution in [-0.2, 0) is 14.3 Å². The molecule has 0 radical (unpaired) electrons. The van der Waals surface area contributed by atoms with Gasteiger partial charge in [-0.25, -0.2) is 4.79 Å². The first kappa shape index (κ1) is 17.2. The maximum Gasteiger partial charge on any atom is 0.354 e. The van der Waals surface area contributed by atoms with Crippen molar-refractivity contribution in [2.45, 2.75) is 6.42 Å². The molecule has 0 saturated heterocycles. The highest BCUT2D eigenvalue weighted by Crippen LogP contribution is 2.12. The zero-order valence-corrected chi connectivity index (χ0v) is 13.2. The van der Waals surface area contributed by atoms with Gasteiger partial charge in [-0.3, -0.25) is 14.4 Å². The van der Waals surface area contributed by atoms with E-state index in [1.807, 2.05) is 0 Å². The summed E-state index contributed by atoms with van der Waals surface area (Å²) in [6.45, 7) is 0.126. The molecule has 1 aromatic carbocycles. The third-order valence-corrected chi connectivity index (χ3v) is 3.34. The summed E-state index contributed by atoms with van der Waals surface area (Å²) in [5.41, 5.74) is 0.302. The molecule has 8 nitrogen and oxygen atoms in total. The lowest BCUT2D eigenvalue weighted by molar-refractivity contribution is -0.140. The first-order valence-electron chi connectivity index (χ1n) is 7.06. The van der Waals surface area contributed by atoms with Crippen molar-refractivity contribution in [2.75, 3.05) is 20.8 Å². The van der Waals surface area contributed by atoms with E-state index in [9.17, 15) is 19.2 Å². The van der Waals surface area contributed by atoms with Crippen LogP contribution in [0.25, 0.3) is 10.9 Å². The Kier molecular flexibility index (Phi) is 5.31. The molecule has 2 aromatic rings. The van der Waals surface area contributed by atoms with E-state index in [4.69, 9.17) is 0 Å². The van der Waals surface area contributed by atoms with Gasteiger partial charge < -0.3 is 19.8 Å². The monoisotopic (exact) mass is 332 g/mol. The second-order valence-corrected chi connectivity index (χ2v) is 4.88. The summed E-state index contributed by atoms with van der Waals surface area (Å²) >= 11 is 0. The first-order chi connectivity index (χ1) is 11.5. The Morgan fingerprint density at radius 1 is 1.12 bits per heavy atom. The molecule has 2 rings (SSSR count). The topological polar surface area (TPSA) is 115 Å². The minimum atomic E-state index is -0.654. The average molecular weight is 332 g/mol. The highest BCUT2D eigenvalue weighted by Gasteiger charge is 2.12. The van der Waals surface area contributed by atoms with E-state index >= 15 is 0 Å². The number of pyridine rings is 1. The van der Waals surface area contributed by atoms with Gasteiger partial charge in [-0.2, -0.15) is 0 Å². The summed E-state index contributed by atoms with van der Waals surface area (Å²) in [6.07, 6.45) is 0.0545. The number of aromatic nitrogens is 1. The van der Waals surface area contributed by atoms with E-state index in [1.165, 1.54) is 32.4 Å². The summed E-state index contributed by atoms with van der Waals surface area (Å²) in [5, 5.41) is 2.83. The van der Waals surface area contributed by atoms with Crippen LogP contribution in [0, 0.1) is 0 Å². The van der Waals surface area contributed by atoms with Crippen molar-refractivity contribution in [1.29, 1.82) is 0 Å². The van der Waals surface area contributed by atoms with Crippen LogP contribution in [0.3, 0.4) is 0 Å². The van der Waals surface area contributed by atoms with Gasteiger partial charge in [0, 0.05) is 29.1 Å². The Hall–Kier alpha value is -3.16. The van der Waals surface area contributed by atoms with Crippen molar-refractivity contribution < 1.29 is 23.9 Å². The molecule has 8 heteroatoms. The number of amides is 1. The van der Waals surface area contributed by atoms with Gasteiger partial charge in [0.25, 0.3) is 5.91 Å². The van der Waals surface area contributed by atoms with Crippen molar-refractivity contribution in [3.63, 3.8) is 0 Å². The van der Waals surface area contributed by atoms with Crippen LogP contribution in [0.4, 0.5) is 0 Å². The lowest BCUT2D eigenvalue weighted by atomic mass is 10.1. The van der Waals surface area contributed by atoms with Crippen molar-refractivity contribution in [3.05, 3.63) is 45.7 Å². The number of carbonyl (C=O) groups is 3. The standard InChI is InChI=1S/C16H16N2O6/c1-23-14(20)5-6-17-15(21)9-3-4-11-10(7-9)13(19)8-12(18-11)16(22)24-2/h3-4,7-8H,5-6H2,1-2H3,(H,17,21)(H,18,19). The summed E-state index contributed by atoms with van der Waals surface area (Å²) in [6, 6.07) is 5.57. The molecule has 0 saturated carbocycles. The lowest BCUT2D eigenvalue weighted by Gasteiger charge is -2.07. The van der Waals surface area contributed by atoms with E-state index in [2.05, 4.69) is 19.8 Å². The number of nitrogens with one attached hydrogen (secondary N) is 2. The molecule has 1 amide bonds. The maximum absolute atomic E-state index is 12.1. The Bertz CT molecular complexity index is 855. The van der Waals surface area contributed by atoms with E-state index in [0.717, 1.165) is 6.07 Å². The van der Waals surface area contributed by atoms with Crippen LogP contribution in [0.2, 0.25) is 0 Å². The molecule has 0 spiro atoms. The largest absolute Gasteiger partial charge is 0.469 e. The van der Waals surface area contributed by atoms with Crippen molar-refractivity contribution in [1.82, 2.24) is 10.3 Å². The van der Waals surface area contributed by atoms with Gasteiger partial charge in [0.15, 0.2) is 5.43 Å². The molecule has 126 valence electrons. The third kappa shape index (κ3) is 3.78. The van der Waals surface area contributed by atoms with Crippen LogP contribution in [-0.4, -0.2) is 43.6 Å². The Morgan fingerprint density at radius 2 is 1.88 bits per heavy atom. The fraction of sp³-hybridized carbons (Fsp3) is 0.250. The molecule has 1 aromatic heterocycles. The third-order valence-electron chi connectivity index (χ3n) is 3.34. The summed E-state index contributed by atoms with van der Waals surface area (Å²) < 4.78 is 9.04. The van der Waals surface area contributed by atoms with E-state index < -0.39 is 23.3 Å². The number of hydrogen-bond donors (Lipinski definition) is 2. The van der Waals surface area contributed by atoms with Crippen LogP contribution < -0.4 is 10.7 Å². The quantitative estimate of drug-likeness (QED) is 0.775. The number of methoxy groups -OCH3 is 2. The van der Waals surface area contributed by atoms with Crippen LogP contribution >= 0.6 is 0 Å². The number of ether oxygens (including phenoxy) is 2. The van der Waals surface area contributed by atoms with Gasteiger partial charge in [0.1, 0.15) is 5.69 Å². The predicted octanol–water partition coefficient (Wildman–Crippen LogP) is 0.608. The maximum atomic E-state index is 12.1. The Balaban J connectivity index is 2.23. The fourth-order valence-electron chi connectivity index (χ4n) is 2.09. The van der Waals surface area contributed by atoms with Crippen LogP contribution in [0.5, 0.6) is 0 Å². The number of esters is 2. The fourth-order valence-corrected chi connectivity index (χ4v) is 2.09. The summed E-state index contributed by atoms with van der Waals surface area (Å²) in [5.74, 6) is -1.50. The number of fused-ring (bicyclic) bond motifs is 1. The predicted molar refractivity (Wildman–Crippen MR) is 84.9 cm³/mol. The summed E-state index contributed by atoms with van der Waals surface area (Å²) in [4.78, 5) is 49.4. The van der Waals surface area contributed by atoms with Gasteiger partial charge in [0.05, 0.1) is 20.6 Å². The SMILES string of the molecule is COC(=O)CCNC(=O)c1ccc2[nH]c(C(=O)OC)cc(=O)c2c1. The molecule has 0 bridgehead atoms. The van der Waals surface area contributed by atoms with Crippen LogP contribution in [0.15, 0.2) is 29.1 Å². The van der Waals surface area contributed by atoms with Crippen molar-refractivity contribution >= 4 is 28.7 Å². The number of hydrogen-bond acceptors (Lipinski definition) is 6. The van der Waals surface area contributed by atoms with Gasteiger partial charge in [-0.1, -0.05) is 0 Å². The zero-order valence-electron chi connectivity index (χ0n) is 13.2. The number of benzene rings is 1. The second-order valence-electron chi connectivity index (χ2n) is 4.88. The molecular formula is C16H16N2O6. The number of aromatic amines is 1. The normalized spacial score (nSPS) is 10.2. The Morgan fingerprint density at radius 3 is 2.54 bits per heavy atom. The van der Waals surface area contributed by atoms with E-state index in [0.29, 0.717) is 5.52 Å².